The van der Waals surface area contributed by atoms with Gasteiger partial charge in [0.15, 0.2) is 5.78 Å². The Hall–Kier alpha value is -1.72. The van der Waals surface area contributed by atoms with Gasteiger partial charge in [-0.15, -0.1) is 0 Å². The van der Waals surface area contributed by atoms with Gasteiger partial charge in [-0.1, -0.05) is 30.3 Å². The molecule has 0 saturated carbocycles. The summed E-state index contributed by atoms with van der Waals surface area (Å²) in [6.45, 7) is -0.126. The van der Waals surface area contributed by atoms with Crippen LogP contribution in [0.4, 0.5) is 0 Å². The maximum absolute atomic E-state index is 11.8. The second-order valence-corrected chi connectivity index (χ2v) is 3.79. The summed E-state index contributed by atoms with van der Waals surface area (Å²) in [6, 6.07) is 8.56. The number of Topliss-reactive ketones (excluding diaryl/α,β-unsaturated/α-hetero) is 1. The Balaban J connectivity index is 2.60. The summed E-state index contributed by atoms with van der Waals surface area (Å²) >= 11 is 0. The van der Waals surface area contributed by atoms with E-state index in [0.717, 1.165) is 0 Å². The number of carbonyl (C=O) groups excluding carboxylic acids is 2. The predicted molar refractivity (Wildman–Crippen MR) is 66.1 cm³/mol. The van der Waals surface area contributed by atoms with Gasteiger partial charge in [0.05, 0.1) is 19.6 Å². The van der Waals surface area contributed by atoms with E-state index in [-0.39, 0.29) is 44.4 Å². The molecule has 0 spiro atoms. The molecular weight excluding hydrogens is 234 g/mol. The number of nitrogens with zero attached hydrogens (tertiary/aromatic N) is 1. The molecule has 1 aromatic rings. The van der Waals surface area contributed by atoms with E-state index in [1.807, 2.05) is 0 Å². The molecule has 0 bridgehead atoms. The maximum Gasteiger partial charge on any atom is 0.230 e. The number of benzene rings is 1. The van der Waals surface area contributed by atoms with Crippen LogP contribution in [-0.4, -0.2) is 53.1 Å². The Labute approximate surface area is 106 Å². The van der Waals surface area contributed by atoms with Gasteiger partial charge in [-0.05, 0) is 0 Å². The van der Waals surface area contributed by atoms with E-state index >= 15 is 0 Å². The number of rotatable bonds is 7. The van der Waals surface area contributed by atoms with Crippen molar-refractivity contribution in [3.05, 3.63) is 35.9 Å². The van der Waals surface area contributed by atoms with Crippen LogP contribution in [0.1, 0.15) is 16.8 Å². The van der Waals surface area contributed by atoms with Crippen LogP contribution in [0.15, 0.2) is 30.3 Å². The molecule has 0 radical (unpaired) electrons. The number of aliphatic hydroxyl groups excluding tert-OH is 2. The Morgan fingerprint density at radius 3 is 2.06 bits per heavy atom. The van der Waals surface area contributed by atoms with Crippen LogP contribution in [0.25, 0.3) is 0 Å². The van der Waals surface area contributed by atoms with Crippen molar-refractivity contribution in [3.63, 3.8) is 0 Å². The van der Waals surface area contributed by atoms with Gasteiger partial charge in [0.25, 0.3) is 0 Å². The standard InChI is InChI=1S/C13H17NO4/c15-8-6-14(7-9-16)13(18)10-12(17)11-4-2-1-3-5-11/h1-5,15-16H,6-10H2. The molecule has 1 amide bonds. The minimum Gasteiger partial charge on any atom is -0.395 e. The number of hydrogen-bond donors (Lipinski definition) is 2. The third kappa shape index (κ3) is 4.27. The van der Waals surface area contributed by atoms with E-state index in [0.29, 0.717) is 5.56 Å². The van der Waals surface area contributed by atoms with E-state index in [4.69, 9.17) is 10.2 Å². The maximum atomic E-state index is 11.8. The number of hydrogen-bond acceptors (Lipinski definition) is 4. The number of aliphatic hydroxyl groups is 2. The molecule has 0 atom stereocenters. The monoisotopic (exact) mass is 251 g/mol. The summed E-state index contributed by atoms with van der Waals surface area (Å²) in [5.41, 5.74) is 0.485. The van der Waals surface area contributed by atoms with Gasteiger partial charge in [-0.2, -0.15) is 0 Å². The lowest BCUT2D eigenvalue weighted by molar-refractivity contribution is -0.131. The summed E-state index contributed by atoms with van der Waals surface area (Å²) in [5, 5.41) is 17.6. The molecule has 2 N–H and O–H groups in total. The Morgan fingerprint density at radius 2 is 1.56 bits per heavy atom. The van der Waals surface area contributed by atoms with Gasteiger partial charge >= 0.3 is 0 Å². The van der Waals surface area contributed by atoms with Crippen molar-refractivity contribution in [1.82, 2.24) is 4.90 Å². The van der Waals surface area contributed by atoms with Crippen LogP contribution in [0, 0.1) is 0 Å². The average Bonchev–Trinajstić information content (AvgIpc) is 2.39. The van der Waals surface area contributed by atoms with Gasteiger partial charge in [-0.25, -0.2) is 0 Å². The lowest BCUT2D eigenvalue weighted by atomic mass is 10.1. The first-order valence-corrected chi connectivity index (χ1v) is 5.76. The third-order valence-electron chi connectivity index (χ3n) is 2.50. The number of carbonyl (C=O) groups is 2. The van der Waals surface area contributed by atoms with Crippen LogP contribution in [0.5, 0.6) is 0 Å². The third-order valence-corrected chi connectivity index (χ3v) is 2.50. The van der Waals surface area contributed by atoms with E-state index in [9.17, 15) is 9.59 Å². The molecule has 0 unspecified atom stereocenters. The smallest absolute Gasteiger partial charge is 0.230 e. The molecule has 0 aromatic heterocycles. The number of amides is 1. The van der Waals surface area contributed by atoms with Crippen LogP contribution >= 0.6 is 0 Å². The SMILES string of the molecule is O=C(CC(=O)N(CCO)CCO)c1ccccc1. The van der Waals surface area contributed by atoms with E-state index in [1.54, 1.807) is 30.3 Å². The van der Waals surface area contributed by atoms with Crippen LogP contribution in [0.2, 0.25) is 0 Å². The van der Waals surface area contributed by atoms with Crippen molar-refractivity contribution in [3.8, 4) is 0 Å². The summed E-state index contributed by atoms with van der Waals surface area (Å²) in [6.07, 6.45) is -0.246. The first-order chi connectivity index (χ1) is 8.69. The average molecular weight is 251 g/mol. The summed E-state index contributed by atoms with van der Waals surface area (Å²) in [7, 11) is 0. The fourth-order valence-electron chi connectivity index (χ4n) is 1.58. The Bertz CT molecular complexity index is 385. The molecule has 0 aliphatic rings. The van der Waals surface area contributed by atoms with Crippen molar-refractivity contribution in [2.24, 2.45) is 0 Å². The summed E-state index contributed by atoms with van der Waals surface area (Å²) in [5.74, 6) is -0.645. The molecule has 0 aliphatic heterocycles. The van der Waals surface area contributed by atoms with E-state index < -0.39 is 0 Å². The molecule has 5 heteroatoms. The number of ketones is 1. The zero-order valence-electron chi connectivity index (χ0n) is 10.1. The van der Waals surface area contributed by atoms with Gasteiger partial charge in [0.2, 0.25) is 5.91 Å². The quantitative estimate of drug-likeness (QED) is 0.531. The largest absolute Gasteiger partial charge is 0.395 e. The predicted octanol–water partition coefficient (Wildman–Crippen LogP) is 0.0726. The minimum atomic E-state index is -0.382. The van der Waals surface area contributed by atoms with Gasteiger partial charge in [0, 0.05) is 18.7 Å². The normalized spacial score (nSPS) is 10.1. The van der Waals surface area contributed by atoms with Crippen LogP contribution in [0.3, 0.4) is 0 Å². The lowest BCUT2D eigenvalue weighted by Crippen LogP contribution is -2.36. The first-order valence-electron chi connectivity index (χ1n) is 5.76. The molecule has 0 aliphatic carbocycles. The molecule has 1 aromatic carbocycles. The Kier molecular flexibility index (Phi) is 6.04. The fourth-order valence-corrected chi connectivity index (χ4v) is 1.58. The molecule has 98 valence electrons. The van der Waals surface area contributed by atoms with Crippen molar-refractivity contribution in [2.45, 2.75) is 6.42 Å². The van der Waals surface area contributed by atoms with Crippen molar-refractivity contribution in [1.29, 1.82) is 0 Å². The van der Waals surface area contributed by atoms with Crippen LogP contribution in [-0.2, 0) is 4.79 Å². The summed E-state index contributed by atoms with van der Waals surface area (Å²) in [4.78, 5) is 24.9. The van der Waals surface area contributed by atoms with E-state index in [1.165, 1.54) is 4.90 Å². The zero-order valence-corrected chi connectivity index (χ0v) is 10.1. The van der Waals surface area contributed by atoms with Crippen molar-refractivity contribution >= 4 is 11.7 Å². The highest BCUT2D eigenvalue weighted by molar-refractivity contribution is 6.07. The molecule has 0 fully saturated rings. The molecule has 1 rings (SSSR count). The second-order valence-electron chi connectivity index (χ2n) is 3.79. The zero-order chi connectivity index (χ0) is 13.4. The highest BCUT2D eigenvalue weighted by Crippen LogP contribution is 2.05. The molecule has 5 nitrogen and oxygen atoms in total. The fraction of sp³-hybridized carbons (Fsp3) is 0.385. The molecular formula is C13H17NO4. The van der Waals surface area contributed by atoms with Crippen molar-refractivity contribution in [2.75, 3.05) is 26.3 Å². The van der Waals surface area contributed by atoms with Gasteiger partial charge < -0.3 is 15.1 Å². The minimum absolute atomic E-state index is 0.126. The molecule has 0 saturated heterocycles. The molecule has 0 heterocycles. The molecule has 18 heavy (non-hydrogen) atoms. The van der Waals surface area contributed by atoms with Gasteiger partial charge in [0.1, 0.15) is 0 Å². The van der Waals surface area contributed by atoms with Crippen LogP contribution < -0.4 is 0 Å². The van der Waals surface area contributed by atoms with Crippen molar-refractivity contribution < 1.29 is 19.8 Å². The Morgan fingerprint density at radius 1 is 1.00 bits per heavy atom. The van der Waals surface area contributed by atoms with E-state index in [2.05, 4.69) is 0 Å². The second kappa shape index (κ2) is 7.58. The first kappa shape index (κ1) is 14.3. The topological polar surface area (TPSA) is 77.8 Å². The lowest BCUT2D eigenvalue weighted by Gasteiger charge is -2.20. The summed E-state index contributed by atoms with van der Waals surface area (Å²) < 4.78 is 0. The highest BCUT2D eigenvalue weighted by atomic mass is 16.3. The van der Waals surface area contributed by atoms with Gasteiger partial charge in [-0.3, -0.25) is 9.59 Å². The highest BCUT2D eigenvalue weighted by Gasteiger charge is 2.17.